The standard InChI is InChI=1S/C17H18NO2S2.ClH/c1-2-20-16(19)11-8-9-7-10(11)15-14(9)18-12-5-3-4-6-13(12)21-17(18)22-15;/h3-6,9-11,14-15H,2,7-8H2,1H3;1H/q+1;/p-1. The summed E-state index contributed by atoms with van der Waals surface area (Å²) in [5, 5.41) is 0.573. The van der Waals surface area contributed by atoms with Gasteiger partial charge in [0.15, 0.2) is 6.04 Å². The smallest absolute Gasteiger partial charge is 0.309 e. The Kier molecular flexibility index (Phi) is 3.86. The molecule has 23 heavy (non-hydrogen) atoms. The van der Waals surface area contributed by atoms with Gasteiger partial charge in [0, 0.05) is 12.0 Å². The molecule has 1 aliphatic heterocycles. The molecule has 1 aromatic heterocycles. The number of nitrogens with zero attached hydrogens (tertiary/aromatic N) is 1. The number of thiazole rings is 1. The van der Waals surface area contributed by atoms with E-state index < -0.39 is 0 Å². The number of halogens is 1. The Hall–Kier alpha value is -0.780. The predicted octanol–water partition coefficient (Wildman–Crippen LogP) is 0.427. The maximum Gasteiger partial charge on any atom is 0.309 e. The third-order valence-electron chi connectivity index (χ3n) is 5.53. The average Bonchev–Trinajstić information content (AvgIpc) is 3.23. The van der Waals surface area contributed by atoms with Gasteiger partial charge in [-0.1, -0.05) is 23.5 Å². The number of para-hydroxylation sites is 1. The van der Waals surface area contributed by atoms with Crippen molar-refractivity contribution in [3.05, 3.63) is 24.3 Å². The van der Waals surface area contributed by atoms with Crippen molar-refractivity contribution < 1.29 is 26.5 Å². The maximum absolute atomic E-state index is 12.2. The van der Waals surface area contributed by atoms with Gasteiger partial charge in [-0.15, -0.1) is 0 Å². The number of benzene rings is 1. The van der Waals surface area contributed by atoms with E-state index >= 15 is 0 Å². The first-order chi connectivity index (χ1) is 10.8. The molecule has 0 spiro atoms. The fourth-order valence-corrected chi connectivity index (χ4v) is 8.02. The van der Waals surface area contributed by atoms with Crippen molar-refractivity contribution in [1.82, 2.24) is 0 Å². The van der Waals surface area contributed by atoms with Crippen molar-refractivity contribution >= 4 is 39.3 Å². The Labute approximate surface area is 149 Å². The lowest BCUT2D eigenvalue weighted by Crippen LogP contribution is -3.00. The molecule has 5 atom stereocenters. The first kappa shape index (κ1) is 15.7. The Morgan fingerprint density at radius 3 is 3.00 bits per heavy atom. The normalized spacial score (nSPS) is 33.3. The zero-order chi connectivity index (χ0) is 14.8. The van der Waals surface area contributed by atoms with Crippen LogP contribution in [-0.2, 0) is 9.53 Å². The zero-order valence-corrected chi connectivity index (χ0v) is 15.2. The van der Waals surface area contributed by atoms with Gasteiger partial charge >= 0.3 is 5.97 Å². The maximum atomic E-state index is 12.2. The number of ether oxygens (including phenoxy) is 1. The first-order valence-corrected chi connectivity index (χ1v) is 9.74. The Morgan fingerprint density at radius 2 is 2.17 bits per heavy atom. The molecule has 5 rings (SSSR count). The number of carbonyl (C=O) groups excluding carboxylic acids is 1. The zero-order valence-electron chi connectivity index (χ0n) is 12.8. The van der Waals surface area contributed by atoms with Gasteiger partial charge in [-0.3, -0.25) is 4.79 Å². The summed E-state index contributed by atoms with van der Waals surface area (Å²) in [5.74, 6) is 1.32. The van der Waals surface area contributed by atoms with Crippen molar-refractivity contribution in [2.75, 3.05) is 6.61 Å². The molecule has 3 nitrogen and oxygen atoms in total. The van der Waals surface area contributed by atoms with Crippen LogP contribution in [0.1, 0.15) is 25.8 Å². The van der Waals surface area contributed by atoms with E-state index in [1.807, 2.05) is 30.0 Å². The molecular weight excluding hydrogens is 350 g/mol. The van der Waals surface area contributed by atoms with Crippen LogP contribution in [0.2, 0.25) is 0 Å². The van der Waals surface area contributed by atoms with Gasteiger partial charge in [0.05, 0.1) is 17.8 Å². The lowest BCUT2D eigenvalue weighted by molar-refractivity contribution is -0.726. The number of hydrogen-bond acceptors (Lipinski definition) is 4. The monoisotopic (exact) mass is 367 g/mol. The van der Waals surface area contributed by atoms with Crippen LogP contribution in [0.25, 0.3) is 10.2 Å². The molecular formula is C17H18ClNO2S2. The summed E-state index contributed by atoms with van der Waals surface area (Å²) < 4.78 is 10.7. The molecule has 2 aliphatic carbocycles. The van der Waals surface area contributed by atoms with E-state index in [1.54, 1.807) is 0 Å². The second-order valence-corrected chi connectivity index (χ2v) is 8.99. The highest BCUT2D eigenvalue weighted by atomic mass is 35.5. The van der Waals surface area contributed by atoms with Crippen LogP contribution in [0, 0.1) is 17.8 Å². The summed E-state index contributed by atoms with van der Waals surface area (Å²) in [7, 11) is 0. The highest BCUT2D eigenvalue weighted by molar-refractivity contribution is 8.01. The van der Waals surface area contributed by atoms with E-state index in [0.717, 1.165) is 6.42 Å². The van der Waals surface area contributed by atoms with Crippen molar-refractivity contribution in [3.63, 3.8) is 0 Å². The van der Waals surface area contributed by atoms with Gasteiger partial charge in [-0.05, 0) is 43.5 Å². The fourth-order valence-electron chi connectivity index (χ4n) is 4.77. The number of fused-ring (bicyclic) bond motifs is 9. The second kappa shape index (κ2) is 5.64. The van der Waals surface area contributed by atoms with Crippen molar-refractivity contribution in [1.29, 1.82) is 0 Å². The van der Waals surface area contributed by atoms with Crippen LogP contribution in [0.3, 0.4) is 0 Å². The lowest BCUT2D eigenvalue weighted by Gasteiger charge is -2.26. The van der Waals surface area contributed by atoms with Gasteiger partial charge in [-0.25, -0.2) is 0 Å². The highest BCUT2D eigenvalue weighted by Crippen LogP contribution is 2.61. The topological polar surface area (TPSA) is 30.2 Å². The fraction of sp³-hybridized carbons (Fsp3) is 0.529. The largest absolute Gasteiger partial charge is 1.00 e. The summed E-state index contributed by atoms with van der Waals surface area (Å²) >= 11 is 3.91. The SMILES string of the molecule is CCOC(=O)C1CC2CC1C1Sc3sc4ccccc4[n+]3C21.[Cl-]. The van der Waals surface area contributed by atoms with Gasteiger partial charge < -0.3 is 17.1 Å². The van der Waals surface area contributed by atoms with E-state index in [4.69, 9.17) is 4.74 Å². The van der Waals surface area contributed by atoms with E-state index in [9.17, 15) is 4.79 Å². The average molecular weight is 368 g/mol. The Balaban J connectivity index is 0.00000135. The molecule has 2 bridgehead atoms. The van der Waals surface area contributed by atoms with Crippen LogP contribution in [-0.4, -0.2) is 17.8 Å². The third kappa shape index (κ3) is 2.09. The molecule has 2 heterocycles. The minimum atomic E-state index is 0. The number of carbonyl (C=O) groups is 1. The van der Waals surface area contributed by atoms with E-state index in [-0.39, 0.29) is 24.3 Å². The summed E-state index contributed by atoms with van der Waals surface area (Å²) in [4.78, 5) is 12.2. The highest BCUT2D eigenvalue weighted by Gasteiger charge is 2.64. The van der Waals surface area contributed by atoms with Gasteiger partial charge in [-0.2, -0.15) is 4.57 Å². The quantitative estimate of drug-likeness (QED) is 0.569. The molecule has 0 saturated heterocycles. The summed E-state index contributed by atoms with van der Waals surface area (Å²) in [6.07, 6.45) is 2.21. The molecule has 1 aromatic carbocycles. The molecule has 5 unspecified atom stereocenters. The minimum Gasteiger partial charge on any atom is -1.00 e. The molecule has 0 radical (unpaired) electrons. The predicted molar refractivity (Wildman–Crippen MR) is 87.0 cm³/mol. The first-order valence-electron chi connectivity index (χ1n) is 8.04. The number of rotatable bonds is 2. The Bertz CT molecular complexity index is 777. The number of hydrogen-bond donors (Lipinski definition) is 0. The molecule has 2 saturated carbocycles. The molecule has 2 aromatic rings. The van der Waals surface area contributed by atoms with Crippen molar-refractivity contribution in [2.24, 2.45) is 17.8 Å². The number of aromatic nitrogens is 1. The second-order valence-electron chi connectivity index (χ2n) is 6.53. The number of esters is 1. The van der Waals surface area contributed by atoms with Crippen LogP contribution in [0.15, 0.2) is 28.6 Å². The molecule has 0 N–H and O–H groups in total. The van der Waals surface area contributed by atoms with E-state index in [0.29, 0.717) is 29.7 Å². The van der Waals surface area contributed by atoms with Crippen molar-refractivity contribution in [3.8, 4) is 0 Å². The molecule has 2 fully saturated rings. The van der Waals surface area contributed by atoms with Gasteiger partial charge in [0.2, 0.25) is 5.52 Å². The van der Waals surface area contributed by atoms with Crippen LogP contribution in [0.4, 0.5) is 0 Å². The Morgan fingerprint density at radius 1 is 1.35 bits per heavy atom. The van der Waals surface area contributed by atoms with Crippen molar-refractivity contribution in [2.45, 2.75) is 35.4 Å². The summed E-state index contributed by atoms with van der Waals surface area (Å²) in [6.45, 7) is 2.40. The third-order valence-corrected chi connectivity index (χ3v) is 8.31. The molecule has 0 amide bonds. The van der Waals surface area contributed by atoms with Gasteiger partial charge in [0.1, 0.15) is 4.70 Å². The van der Waals surface area contributed by atoms with Crippen LogP contribution < -0.4 is 17.0 Å². The summed E-state index contributed by atoms with van der Waals surface area (Å²) in [6, 6.07) is 9.30. The lowest BCUT2D eigenvalue weighted by atomic mass is 9.85. The molecule has 122 valence electrons. The van der Waals surface area contributed by atoms with Gasteiger partial charge in [0.25, 0.3) is 4.34 Å². The summed E-state index contributed by atoms with van der Waals surface area (Å²) in [5.41, 5.74) is 1.38. The van der Waals surface area contributed by atoms with E-state index in [2.05, 4.69) is 28.8 Å². The molecule has 6 heteroatoms. The van der Waals surface area contributed by atoms with Crippen LogP contribution >= 0.6 is 23.1 Å². The van der Waals surface area contributed by atoms with Crippen LogP contribution in [0.5, 0.6) is 0 Å². The van der Waals surface area contributed by atoms with E-state index in [1.165, 1.54) is 21.0 Å². The molecule has 3 aliphatic rings. The minimum absolute atomic E-state index is 0. The number of thioether (sulfide) groups is 1.